The van der Waals surface area contributed by atoms with Gasteiger partial charge in [0, 0.05) is 26.9 Å². The van der Waals surface area contributed by atoms with E-state index in [1.54, 1.807) is 30.0 Å². The van der Waals surface area contributed by atoms with Gasteiger partial charge in [0.1, 0.15) is 0 Å². The van der Waals surface area contributed by atoms with Crippen LogP contribution in [0.1, 0.15) is 11.1 Å². The van der Waals surface area contributed by atoms with E-state index in [9.17, 15) is 19.7 Å². The van der Waals surface area contributed by atoms with Crippen molar-refractivity contribution < 1.29 is 14.5 Å². The highest BCUT2D eigenvalue weighted by Crippen LogP contribution is 2.34. The number of hydrogen-bond acceptors (Lipinski definition) is 6. The maximum absolute atomic E-state index is 12.7. The number of non-ortho nitro benzene ring substituents is 1. The van der Waals surface area contributed by atoms with Crippen LogP contribution in [-0.2, 0) is 11.3 Å². The van der Waals surface area contributed by atoms with E-state index in [0.717, 1.165) is 32.0 Å². The molecule has 9 heteroatoms. The Balaban J connectivity index is 1.43. The summed E-state index contributed by atoms with van der Waals surface area (Å²) < 4.78 is 0. The molecule has 160 valence electrons. The van der Waals surface area contributed by atoms with Crippen LogP contribution in [0.3, 0.4) is 0 Å². The van der Waals surface area contributed by atoms with E-state index in [-0.39, 0.29) is 23.4 Å². The van der Waals surface area contributed by atoms with E-state index in [1.165, 1.54) is 12.1 Å². The minimum absolute atomic E-state index is 0.0412. The third kappa shape index (κ3) is 5.21. The molecule has 0 spiro atoms. The lowest BCUT2D eigenvalue weighted by Crippen LogP contribution is -2.27. The first-order chi connectivity index (χ1) is 15.4. The van der Waals surface area contributed by atoms with Crippen LogP contribution < -0.4 is 0 Å². The highest BCUT2D eigenvalue weighted by Gasteiger charge is 2.35. The van der Waals surface area contributed by atoms with Crippen LogP contribution in [-0.4, -0.2) is 21.0 Å². The maximum atomic E-state index is 12.7. The van der Waals surface area contributed by atoms with Gasteiger partial charge in [-0.25, -0.2) is 0 Å². The van der Waals surface area contributed by atoms with E-state index >= 15 is 0 Å². The molecule has 0 atom stereocenters. The molecule has 0 N–H and O–H groups in total. The first-order valence-electron chi connectivity index (χ1n) is 9.41. The lowest BCUT2D eigenvalue weighted by Gasteiger charge is -2.12. The summed E-state index contributed by atoms with van der Waals surface area (Å²) in [6, 6.07) is 21.1. The number of halogens is 1. The van der Waals surface area contributed by atoms with Crippen molar-refractivity contribution in [1.29, 1.82) is 0 Å². The SMILES string of the molecule is O=C1S/C(=C\c2ccc(Sc3ccc(Cl)cc3)cc2)C(=O)N1Cc1ccc([N+](=O)[O-])cc1. The molecule has 0 aromatic heterocycles. The van der Waals surface area contributed by atoms with Gasteiger partial charge in [-0.15, -0.1) is 0 Å². The van der Waals surface area contributed by atoms with Crippen LogP contribution in [0.4, 0.5) is 10.5 Å². The minimum atomic E-state index is -0.494. The molecule has 32 heavy (non-hydrogen) atoms. The largest absolute Gasteiger partial charge is 0.293 e. The van der Waals surface area contributed by atoms with Gasteiger partial charge in [-0.3, -0.25) is 24.6 Å². The summed E-state index contributed by atoms with van der Waals surface area (Å²) in [6.07, 6.45) is 1.69. The van der Waals surface area contributed by atoms with Crippen molar-refractivity contribution >= 4 is 58.0 Å². The number of rotatable bonds is 6. The molecular weight excluding hydrogens is 468 g/mol. The van der Waals surface area contributed by atoms with Crippen molar-refractivity contribution in [3.05, 3.63) is 104 Å². The number of hydrogen-bond donors (Lipinski definition) is 0. The molecule has 0 bridgehead atoms. The molecule has 1 saturated heterocycles. The van der Waals surface area contributed by atoms with Crippen molar-refractivity contribution in [2.75, 3.05) is 0 Å². The topological polar surface area (TPSA) is 80.5 Å². The lowest BCUT2D eigenvalue weighted by atomic mass is 10.2. The van der Waals surface area contributed by atoms with Crippen molar-refractivity contribution in [2.45, 2.75) is 16.3 Å². The third-order valence-electron chi connectivity index (χ3n) is 4.59. The van der Waals surface area contributed by atoms with Crippen molar-refractivity contribution in [3.8, 4) is 0 Å². The van der Waals surface area contributed by atoms with Gasteiger partial charge in [0.2, 0.25) is 0 Å². The Labute approximate surface area is 197 Å². The molecular formula is C23H15ClN2O4S2. The van der Waals surface area contributed by atoms with Crippen LogP contribution in [0, 0.1) is 10.1 Å². The monoisotopic (exact) mass is 482 g/mol. The van der Waals surface area contributed by atoms with E-state index in [1.807, 2.05) is 48.5 Å². The molecule has 1 fully saturated rings. The molecule has 3 aromatic rings. The van der Waals surface area contributed by atoms with E-state index < -0.39 is 4.92 Å². The summed E-state index contributed by atoms with van der Waals surface area (Å²) in [5.74, 6) is -0.377. The molecule has 0 radical (unpaired) electrons. The number of thioether (sulfide) groups is 1. The number of amides is 2. The summed E-state index contributed by atoms with van der Waals surface area (Å²) in [5.41, 5.74) is 1.41. The zero-order valence-corrected chi connectivity index (χ0v) is 18.8. The lowest BCUT2D eigenvalue weighted by molar-refractivity contribution is -0.384. The second kappa shape index (κ2) is 9.60. The zero-order chi connectivity index (χ0) is 22.7. The standard InChI is InChI=1S/C23H15ClN2O4S2/c24-17-5-11-20(12-6-17)31-19-9-3-15(4-10-19)13-21-22(27)25(23(28)32-21)14-16-1-7-18(8-2-16)26(29)30/h1-13H,14H2/b21-13-. The van der Waals surface area contributed by atoms with Crippen LogP contribution in [0.5, 0.6) is 0 Å². The molecule has 3 aromatic carbocycles. The van der Waals surface area contributed by atoms with Crippen LogP contribution in [0.25, 0.3) is 6.08 Å². The zero-order valence-electron chi connectivity index (χ0n) is 16.4. The number of nitro groups is 1. The molecule has 6 nitrogen and oxygen atoms in total. The Hall–Kier alpha value is -3.07. The summed E-state index contributed by atoms with van der Waals surface area (Å²) in [6.45, 7) is 0.0661. The summed E-state index contributed by atoms with van der Waals surface area (Å²) in [5, 5.41) is 11.1. The smallest absolute Gasteiger partial charge is 0.268 e. The number of imide groups is 1. The summed E-state index contributed by atoms with van der Waals surface area (Å²) in [7, 11) is 0. The van der Waals surface area contributed by atoms with Gasteiger partial charge in [-0.05, 0) is 65.4 Å². The Morgan fingerprint density at radius 3 is 2.12 bits per heavy atom. The summed E-state index contributed by atoms with van der Waals surface area (Å²) >= 11 is 8.40. The van der Waals surface area contributed by atoms with Gasteiger partial charge in [0.05, 0.1) is 16.4 Å². The average molecular weight is 483 g/mol. The van der Waals surface area contributed by atoms with Gasteiger partial charge >= 0.3 is 0 Å². The maximum Gasteiger partial charge on any atom is 0.293 e. The second-order valence-electron chi connectivity index (χ2n) is 6.82. The molecule has 1 aliphatic rings. The Morgan fingerprint density at radius 2 is 1.53 bits per heavy atom. The van der Waals surface area contributed by atoms with Crippen LogP contribution in [0.15, 0.2) is 87.5 Å². The fraction of sp³-hybridized carbons (Fsp3) is 0.0435. The molecule has 0 saturated carbocycles. The molecule has 1 aliphatic heterocycles. The first-order valence-corrected chi connectivity index (χ1v) is 11.4. The normalized spacial score (nSPS) is 14.9. The summed E-state index contributed by atoms with van der Waals surface area (Å²) in [4.78, 5) is 38.9. The molecule has 0 aliphatic carbocycles. The fourth-order valence-corrected chi connectivity index (χ4v) is 4.74. The Kier molecular flexibility index (Phi) is 6.64. The number of carbonyl (C=O) groups excluding carboxylic acids is 2. The van der Waals surface area contributed by atoms with E-state index in [4.69, 9.17) is 11.6 Å². The van der Waals surface area contributed by atoms with E-state index in [0.29, 0.717) is 15.5 Å². The molecule has 1 heterocycles. The van der Waals surface area contributed by atoms with Crippen molar-refractivity contribution in [2.24, 2.45) is 0 Å². The number of benzene rings is 3. The predicted molar refractivity (Wildman–Crippen MR) is 127 cm³/mol. The number of nitrogens with zero attached hydrogens (tertiary/aromatic N) is 2. The Morgan fingerprint density at radius 1 is 0.938 bits per heavy atom. The fourth-order valence-electron chi connectivity index (χ4n) is 2.96. The second-order valence-corrected chi connectivity index (χ2v) is 9.39. The third-order valence-corrected chi connectivity index (χ3v) is 6.76. The highest BCUT2D eigenvalue weighted by molar-refractivity contribution is 8.18. The van der Waals surface area contributed by atoms with Crippen LogP contribution in [0.2, 0.25) is 5.02 Å². The minimum Gasteiger partial charge on any atom is -0.268 e. The van der Waals surface area contributed by atoms with Crippen molar-refractivity contribution in [1.82, 2.24) is 4.90 Å². The van der Waals surface area contributed by atoms with Gasteiger partial charge in [-0.1, -0.05) is 47.6 Å². The quantitative estimate of drug-likeness (QED) is 0.222. The van der Waals surface area contributed by atoms with Gasteiger partial charge in [-0.2, -0.15) is 0 Å². The van der Waals surface area contributed by atoms with E-state index in [2.05, 4.69) is 0 Å². The first kappa shape index (κ1) is 22.1. The molecule has 2 amide bonds. The molecule has 0 unspecified atom stereocenters. The van der Waals surface area contributed by atoms with Gasteiger partial charge in [0.25, 0.3) is 16.8 Å². The Bertz CT molecular complexity index is 1210. The van der Waals surface area contributed by atoms with Crippen LogP contribution >= 0.6 is 35.1 Å². The highest BCUT2D eigenvalue weighted by atomic mass is 35.5. The number of nitro benzene ring substituents is 1. The molecule has 4 rings (SSSR count). The van der Waals surface area contributed by atoms with Crippen molar-refractivity contribution in [3.63, 3.8) is 0 Å². The number of carbonyl (C=O) groups is 2. The van der Waals surface area contributed by atoms with Gasteiger partial charge in [0.15, 0.2) is 0 Å². The predicted octanol–water partition coefficient (Wildman–Crippen LogP) is 6.64. The average Bonchev–Trinajstić information content (AvgIpc) is 3.04. The van der Waals surface area contributed by atoms with Gasteiger partial charge < -0.3 is 0 Å².